The molecule has 0 radical (unpaired) electrons. The van der Waals surface area contributed by atoms with E-state index >= 15 is 0 Å². The lowest BCUT2D eigenvalue weighted by Crippen LogP contribution is -2.15. The number of hydrogen-bond donors (Lipinski definition) is 2. The molecule has 2 N–H and O–H groups in total. The quantitative estimate of drug-likeness (QED) is 0.607. The zero-order chi connectivity index (χ0) is 21.0. The smallest absolute Gasteiger partial charge is 0.259 e. The van der Waals surface area contributed by atoms with Crippen LogP contribution in [0.2, 0.25) is 5.02 Å². The average Bonchev–Trinajstić information content (AvgIpc) is 3.12. The molecule has 0 aliphatic rings. The molecule has 9 heteroatoms. The maximum Gasteiger partial charge on any atom is 0.259 e. The number of benzene rings is 1. The Kier molecular flexibility index (Phi) is 6.13. The summed E-state index contributed by atoms with van der Waals surface area (Å²) in [6, 6.07) is 6.72. The maximum absolute atomic E-state index is 14.1. The van der Waals surface area contributed by atoms with Crippen LogP contribution in [0.4, 0.5) is 15.8 Å². The van der Waals surface area contributed by atoms with Crippen molar-refractivity contribution in [1.82, 2.24) is 4.98 Å². The fraction of sp³-hybridized carbons (Fsp3) is 0.150. The molecule has 2 amide bonds. The van der Waals surface area contributed by atoms with Gasteiger partial charge >= 0.3 is 0 Å². The van der Waals surface area contributed by atoms with Crippen LogP contribution in [0.15, 0.2) is 47.2 Å². The summed E-state index contributed by atoms with van der Waals surface area (Å²) in [5.74, 6) is -1.04. The third-order valence-corrected chi connectivity index (χ3v) is 4.20. The molecule has 0 saturated heterocycles. The molecule has 0 unspecified atom stereocenters. The Morgan fingerprint density at radius 2 is 2.00 bits per heavy atom. The zero-order valence-electron chi connectivity index (χ0n) is 15.6. The molecule has 7 nitrogen and oxygen atoms in total. The fourth-order valence-corrected chi connectivity index (χ4v) is 2.73. The summed E-state index contributed by atoms with van der Waals surface area (Å²) in [4.78, 5) is 28.7. The molecule has 0 bridgehead atoms. The number of ether oxygens (including phenoxy) is 1. The van der Waals surface area contributed by atoms with Crippen LogP contribution >= 0.6 is 11.6 Å². The number of pyridine rings is 1. The van der Waals surface area contributed by atoms with E-state index in [2.05, 4.69) is 15.6 Å². The van der Waals surface area contributed by atoms with Crippen molar-refractivity contribution in [3.63, 3.8) is 0 Å². The van der Waals surface area contributed by atoms with Gasteiger partial charge in [-0.2, -0.15) is 0 Å². The lowest BCUT2D eigenvalue weighted by atomic mass is 10.2. The van der Waals surface area contributed by atoms with Crippen LogP contribution in [0, 0.1) is 12.7 Å². The Bertz CT molecular complexity index is 1070. The van der Waals surface area contributed by atoms with E-state index in [0.29, 0.717) is 12.4 Å². The SMILES string of the molecule is CCOc1ncc(C(=O)Nc2ccc(F)c(NC(=O)c3ccoc3C)c2)cc1Cl. The predicted octanol–water partition coefficient (Wildman–Crippen LogP) is 4.68. The number of aromatic nitrogens is 1. The standard InChI is InChI=1S/C20H17ClFN3O4/c1-3-28-20-15(21)8-12(10-23-20)18(26)24-13-4-5-16(22)17(9-13)25-19(27)14-6-7-29-11(14)2/h4-10H,3H2,1-2H3,(H,24,26)(H,25,27). The first-order chi connectivity index (χ1) is 13.9. The van der Waals surface area contributed by atoms with E-state index in [1.165, 1.54) is 36.7 Å². The van der Waals surface area contributed by atoms with Gasteiger partial charge in [0.1, 0.15) is 16.6 Å². The van der Waals surface area contributed by atoms with Crippen molar-refractivity contribution in [2.45, 2.75) is 13.8 Å². The van der Waals surface area contributed by atoms with Gasteiger partial charge in [-0.05, 0) is 44.2 Å². The summed E-state index contributed by atoms with van der Waals surface area (Å²) in [6.45, 7) is 3.80. The first kappa shape index (κ1) is 20.3. The second kappa shape index (κ2) is 8.74. The van der Waals surface area contributed by atoms with Crippen LogP contribution in [0.25, 0.3) is 0 Å². The summed E-state index contributed by atoms with van der Waals surface area (Å²) in [6.07, 6.45) is 2.69. The number of halogens is 2. The predicted molar refractivity (Wildman–Crippen MR) is 106 cm³/mol. The first-order valence-corrected chi connectivity index (χ1v) is 9.01. The minimum atomic E-state index is -0.650. The molecular formula is C20H17ClFN3O4. The first-order valence-electron chi connectivity index (χ1n) is 8.63. The van der Waals surface area contributed by atoms with Crippen molar-refractivity contribution in [1.29, 1.82) is 0 Å². The van der Waals surface area contributed by atoms with Crippen molar-refractivity contribution >= 4 is 34.8 Å². The minimum absolute atomic E-state index is 0.0868. The van der Waals surface area contributed by atoms with Gasteiger partial charge in [-0.25, -0.2) is 9.37 Å². The topological polar surface area (TPSA) is 93.5 Å². The molecule has 0 spiro atoms. The molecule has 0 saturated carbocycles. The van der Waals surface area contributed by atoms with Crippen LogP contribution in [-0.4, -0.2) is 23.4 Å². The number of carbonyl (C=O) groups is 2. The summed E-state index contributed by atoms with van der Waals surface area (Å²) in [7, 11) is 0. The number of aryl methyl sites for hydroxylation is 1. The highest BCUT2D eigenvalue weighted by atomic mass is 35.5. The van der Waals surface area contributed by atoms with Crippen molar-refractivity contribution < 1.29 is 23.1 Å². The van der Waals surface area contributed by atoms with E-state index in [1.54, 1.807) is 13.8 Å². The van der Waals surface area contributed by atoms with Gasteiger partial charge in [-0.1, -0.05) is 11.6 Å². The highest BCUT2D eigenvalue weighted by Crippen LogP contribution is 2.24. The van der Waals surface area contributed by atoms with Gasteiger partial charge in [0.05, 0.1) is 29.7 Å². The molecule has 3 aromatic rings. The summed E-state index contributed by atoms with van der Waals surface area (Å²) in [5, 5.41) is 5.27. The number of rotatable bonds is 6. The van der Waals surface area contributed by atoms with E-state index in [0.717, 1.165) is 6.07 Å². The third kappa shape index (κ3) is 4.72. The second-order valence-electron chi connectivity index (χ2n) is 5.94. The molecule has 0 atom stereocenters. The highest BCUT2D eigenvalue weighted by molar-refractivity contribution is 6.32. The zero-order valence-corrected chi connectivity index (χ0v) is 16.3. The molecule has 3 rings (SSSR count). The highest BCUT2D eigenvalue weighted by Gasteiger charge is 2.16. The monoisotopic (exact) mass is 417 g/mol. The molecule has 150 valence electrons. The number of hydrogen-bond acceptors (Lipinski definition) is 5. The van der Waals surface area contributed by atoms with Crippen molar-refractivity contribution in [2.24, 2.45) is 0 Å². The Labute approximate surface area is 170 Å². The molecule has 0 aliphatic carbocycles. The largest absolute Gasteiger partial charge is 0.477 e. The van der Waals surface area contributed by atoms with Gasteiger partial charge < -0.3 is 19.8 Å². The van der Waals surface area contributed by atoms with Gasteiger partial charge in [0.15, 0.2) is 0 Å². The van der Waals surface area contributed by atoms with E-state index in [-0.39, 0.29) is 33.4 Å². The number of nitrogens with one attached hydrogen (secondary N) is 2. The van der Waals surface area contributed by atoms with E-state index in [4.69, 9.17) is 20.8 Å². The molecular weight excluding hydrogens is 401 g/mol. The number of anilines is 2. The number of nitrogens with zero attached hydrogens (tertiary/aromatic N) is 1. The summed E-state index contributed by atoms with van der Waals surface area (Å²) >= 11 is 6.05. The number of amides is 2. The van der Waals surface area contributed by atoms with Crippen LogP contribution in [0.5, 0.6) is 5.88 Å². The van der Waals surface area contributed by atoms with Gasteiger partial charge in [0, 0.05) is 11.9 Å². The van der Waals surface area contributed by atoms with Gasteiger partial charge in [-0.15, -0.1) is 0 Å². The normalized spacial score (nSPS) is 10.5. The fourth-order valence-electron chi connectivity index (χ4n) is 2.50. The Balaban J connectivity index is 1.75. The van der Waals surface area contributed by atoms with Gasteiger partial charge in [-0.3, -0.25) is 9.59 Å². The van der Waals surface area contributed by atoms with Crippen molar-refractivity contribution in [3.8, 4) is 5.88 Å². The van der Waals surface area contributed by atoms with Gasteiger partial charge in [0.2, 0.25) is 5.88 Å². The molecule has 2 heterocycles. The van der Waals surface area contributed by atoms with Crippen molar-refractivity contribution in [3.05, 3.63) is 70.5 Å². The second-order valence-corrected chi connectivity index (χ2v) is 6.34. The molecule has 0 aliphatic heterocycles. The molecule has 2 aromatic heterocycles. The van der Waals surface area contributed by atoms with Crippen LogP contribution in [0.3, 0.4) is 0 Å². The Morgan fingerprint density at radius 1 is 1.21 bits per heavy atom. The lowest BCUT2D eigenvalue weighted by Gasteiger charge is -2.10. The van der Waals surface area contributed by atoms with Gasteiger partial charge in [0.25, 0.3) is 11.8 Å². The lowest BCUT2D eigenvalue weighted by molar-refractivity contribution is 0.101. The molecule has 0 fully saturated rings. The summed E-state index contributed by atoms with van der Waals surface area (Å²) in [5.41, 5.74) is 0.674. The Morgan fingerprint density at radius 3 is 2.66 bits per heavy atom. The molecule has 1 aromatic carbocycles. The van der Waals surface area contributed by atoms with E-state index in [1.807, 2.05) is 0 Å². The number of furan rings is 1. The van der Waals surface area contributed by atoms with Crippen LogP contribution in [-0.2, 0) is 0 Å². The minimum Gasteiger partial charge on any atom is -0.477 e. The Hall–Kier alpha value is -3.39. The third-order valence-electron chi connectivity index (χ3n) is 3.93. The van der Waals surface area contributed by atoms with E-state index < -0.39 is 17.6 Å². The van der Waals surface area contributed by atoms with Crippen LogP contribution in [0.1, 0.15) is 33.4 Å². The van der Waals surface area contributed by atoms with Crippen LogP contribution < -0.4 is 15.4 Å². The summed E-state index contributed by atoms with van der Waals surface area (Å²) < 4.78 is 24.4. The van der Waals surface area contributed by atoms with Crippen molar-refractivity contribution in [2.75, 3.05) is 17.2 Å². The average molecular weight is 418 g/mol. The van der Waals surface area contributed by atoms with E-state index in [9.17, 15) is 14.0 Å². The number of carbonyl (C=O) groups excluding carboxylic acids is 2. The maximum atomic E-state index is 14.1. The molecule has 29 heavy (non-hydrogen) atoms.